The Hall–Kier alpha value is -1.62. The molecule has 6 heteroatoms. The molecule has 2 rings (SSSR count). The molecule has 0 aliphatic heterocycles. The number of hydrogen-bond donors (Lipinski definition) is 1. The Kier molecular flexibility index (Phi) is 3.75. The molecule has 2 aromatic heterocycles. The van der Waals surface area contributed by atoms with Gasteiger partial charge in [-0.25, -0.2) is 4.98 Å². The summed E-state index contributed by atoms with van der Waals surface area (Å²) in [6, 6.07) is 1.89. The Labute approximate surface area is 116 Å². The van der Waals surface area contributed by atoms with E-state index < -0.39 is 5.41 Å². The number of amides is 1. The van der Waals surface area contributed by atoms with Gasteiger partial charge in [0.25, 0.3) is 0 Å². The number of nitrogens with zero attached hydrogens (tertiary/aromatic N) is 3. The second-order valence-corrected chi connectivity index (χ2v) is 5.54. The minimum Gasteiger partial charge on any atom is -0.369 e. The quantitative estimate of drug-likeness (QED) is 0.848. The fourth-order valence-electron chi connectivity index (χ4n) is 1.96. The molecule has 1 amide bonds. The van der Waals surface area contributed by atoms with Gasteiger partial charge in [-0.1, -0.05) is 0 Å². The summed E-state index contributed by atoms with van der Waals surface area (Å²) in [6.07, 6.45) is 4.06. The lowest BCUT2D eigenvalue weighted by Crippen LogP contribution is -2.35. The molecule has 2 heterocycles. The summed E-state index contributed by atoms with van der Waals surface area (Å²) in [5, 5.41) is 0. The second-order valence-electron chi connectivity index (χ2n) is 5.17. The third-order valence-corrected chi connectivity index (χ3v) is 3.36. The number of nitrogens with two attached hydrogens (primary N) is 1. The monoisotopic (exact) mass is 280 g/mol. The van der Waals surface area contributed by atoms with Gasteiger partial charge in [-0.3, -0.25) is 9.78 Å². The van der Waals surface area contributed by atoms with E-state index in [-0.39, 0.29) is 5.91 Å². The molecule has 0 atom stereocenters. The number of carbonyl (C=O) groups excluding carboxylic acids is 1. The topological polar surface area (TPSA) is 73.8 Å². The molecule has 0 radical (unpaired) electrons. The van der Waals surface area contributed by atoms with Crippen molar-refractivity contribution in [2.24, 2.45) is 11.1 Å². The number of rotatable bonds is 5. The maximum atomic E-state index is 11.5. The highest BCUT2D eigenvalue weighted by Gasteiger charge is 2.27. The zero-order chi connectivity index (χ0) is 14.0. The standard InChI is InChI=1S/C13H17ClN4O/c1-13(2,12(15)19)8-18-10-4-6-16-7-9(10)17-11(18)3-5-14/h4,6-7H,3,5,8H2,1-2H3,(H2,15,19). The van der Waals surface area contributed by atoms with Crippen molar-refractivity contribution in [2.45, 2.75) is 26.8 Å². The van der Waals surface area contributed by atoms with Crippen LogP contribution in [0.25, 0.3) is 11.0 Å². The van der Waals surface area contributed by atoms with E-state index in [9.17, 15) is 4.79 Å². The molecule has 0 bridgehead atoms. The molecule has 0 saturated carbocycles. The van der Waals surface area contributed by atoms with Crippen LogP contribution in [0.15, 0.2) is 18.5 Å². The summed E-state index contributed by atoms with van der Waals surface area (Å²) in [5.74, 6) is 1.00. The maximum Gasteiger partial charge on any atom is 0.224 e. The first-order valence-electron chi connectivity index (χ1n) is 6.10. The van der Waals surface area contributed by atoms with Gasteiger partial charge in [0.05, 0.1) is 17.1 Å². The smallest absolute Gasteiger partial charge is 0.224 e. The molecule has 19 heavy (non-hydrogen) atoms. The van der Waals surface area contributed by atoms with Crippen LogP contribution in [0.1, 0.15) is 19.7 Å². The zero-order valence-corrected chi connectivity index (χ0v) is 11.8. The van der Waals surface area contributed by atoms with Crippen molar-refractivity contribution in [1.29, 1.82) is 0 Å². The summed E-state index contributed by atoms with van der Waals surface area (Å²) in [6.45, 7) is 4.13. The molecule has 0 aliphatic rings. The van der Waals surface area contributed by atoms with Crippen molar-refractivity contribution in [3.05, 3.63) is 24.3 Å². The number of primary amides is 1. The fraction of sp³-hybridized carbons (Fsp3) is 0.462. The van der Waals surface area contributed by atoms with Crippen molar-refractivity contribution in [3.8, 4) is 0 Å². The number of aromatic nitrogens is 3. The van der Waals surface area contributed by atoms with Crippen molar-refractivity contribution >= 4 is 28.5 Å². The Balaban J connectivity index is 2.50. The van der Waals surface area contributed by atoms with Crippen molar-refractivity contribution in [3.63, 3.8) is 0 Å². The van der Waals surface area contributed by atoms with Crippen LogP contribution in [0.4, 0.5) is 0 Å². The normalized spacial score (nSPS) is 11.9. The Morgan fingerprint density at radius 1 is 1.53 bits per heavy atom. The van der Waals surface area contributed by atoms with Gasteiger partial charge in [0, 0.05) is 25.0 Å². The SMILES string of the molecule is CC(C)(Cn1c(CCCl)nc2cnccc21)C(N)=O. The Morgan fingerprint density at radius 3 is 2.89 bits per heavy atom. The highest BCUT2D eigenvalue weighted by Crippen LogP contribution is 2.23. The number of alkyl halides is 1. The largest absolute Gasteiger partial charge is 0.369 e. The number of aryl methyl sites for hydroxylation is 1. The molecule has 5 nitrogen and oxygen atoms in total. The first-order valence-corrected chi connectivity index (χ1v) is 6.64. The van der Waals surface area contributed by atoms with Crippen LogP contribution < -0.4 is 5.73 Å². The summed E-state index contributed by atoms with van der Waals surface area (Å²) in [4.78, 5) is 20.1. The highest BCUT2D eigenvalue weighted by atomic mass is 35.5. The van der Waals surface area contributed by atoms with E-state index in [1.165, 1.54) is 0 Å². The van der Waals surface area contributed by atoms with E-state index in [1.807, 2.05) is 24.5 Å². The summed E-state index contributed by atoms with van der Waals surface area (Å²) >= 11 is 5.81. The molecular weight excluding hydrogens is 264 g/mol. The maximum absolute atomic E-state index is 11.5. The van der Waals surface area contributed by atoms with Gasteiger partial charge in [0.1, 0.15) is 11.3 Å². The third-order valence-electron chi connectivity index (χ3n) is 3.17. The van der Waals surface area contributed by atoms with Gasteiger partial charge in [-0.2, -0.15) is 0 Å². The third kappa shape index (κ3) is 2.71. The highest BCUT2D eigenvalue weighted by molar-refractivity contribution is 6.17. The first kappa shape index (κ1) is 13.8. The van der Waals surface area contributed by atoms with Gasteiger partial charge in [0.15, 0.2) is 0 Å². The van der Waals surface area contributed by atoms with Crippen LogP contribution in [-0.2, 0) is 17.8 Å². The van der Waals surface area contributed by atoms with Crippen LogP contribution in [0.2, 0.25) is 0 Å². The second kappa shape index (κ2) is 5.17. The van der Waals surface area contributed by atoms with Crippen molar-refractivity contribution in [1.82, 2.24) is 14.5 Å². The molecule has 0 saturated heterocycles. The van der Waals surface area contributed by atoms with E-state index in [2.05, 4.69) is 9.97 Å². The van der Waals surface area contributed by atoms with Crippen LogP contribution in [0, 0.1) is 5.41 Å². The van der Waals surface area contributed by atoms with E-state index in [1.54, 1.807) is 12.4 Å². The molecule has 2 N–H and O–H groups in total. The van der Waals surface area contributed by atoms with Gasteiger partial charge < -0.3 is 10.3 Å². The van der Waals surface area contributed by atoms with E-state index in [0.717, 1.165) is 16.9 Å². The van der Waals surface area contributed by atoms with Crippen LogP contribution in [0.3, 0.4) is 0 Å². The molecule has 0 aromatic carbocycles. The fourth-order valence-corrected chi connectivity index (χ4v) is 2.13. The number of pyridine rings is 1. The molecule has 0 aliphatic carbocycles. The van der Waals surface area contributed by atoms with Gasteiger partial charge in [-0.15, -0.1) is 11.6 Å². The van der Waals surface area contributed by atoms with Crippen LogP contribution in [-0.4, -0.2) is 26.3 Å². The lowest BCUT2D eigenvalue weighted by atomic mass is 9.92. The van der Waals surface area contributed by atoms with Gasteiger partial charge in [-0.05, 0) is 19.9 Å². The molecule has 2 aromatic rings. The molecular formula is C13H17ClN4O. The number of carbonyl (C=O) groups is 1. The number of fused-ring (bicyclic) bond motifs is 1. The molecule has 102 valence electrons. The van der Waals surface area contributed by atoms with Gasteiger partial charge in [0.2, 0.25) is 5.91 Å². The lowest BCUT2D eigenvalue weighted by Gasteiger charge is -2.22. The zero-order valence-electron chi connectivity index (χ0n) is 11.1. The average Bonchev–Trinajstić information content (AvgIpc) is 2.68. The van der Waals surface area contributed by atoms with Crippen molar-refractivity contribution in [2.75, 3.05) is 5.88 Å². The van der Waals surface area contributed by atoms with Crippen LogP contribution in [0.5, 0.6) is 0 Å². The predicted octanol–water partition coefficient (Wildman–Crippen LogP) is 1.72. The van der Waals surface area contributed by atoms with Gasteiger partial charge >= 0.3 is 0 Å². The molecule has 0 fully saturated rings. The van der Waals surface area contributed by atoms with Crippen molar-refractivity contribution < 1.29 is 4.79 Å². The first-order chi connectivity index (χ1) is 8.95. The number of hydrogen-bond acceptors (Lipinski definition) is 3. The number of halogens is 1. The molecule has 0 spiro atoms. The van der Waals surface area contributed by atoms with E-state index in [0.29, 0.717) is 18.8 Å². The predicted molar refractivity (Wildman–Crippen MR) is 74.9 cm³/mol. The Bertz CT molecular complexity index is 606. The minimum absolute atomic E-state index is 0.333. The average molecular weight is 281 g/mol. The summed E-state index contributed by atoms with van der Waals surface area (Å²) in [5.41, 5.74) is 6.56. The minimum atomic E-state index is -0.641. The van der Waals surface area contributed by atoms with E-state index >= 15 is 0 Å². The summed E-state index contributed by atoms with van der Waals surface area (Å²) in [7, 11) is 0. The van der Waals surface area contributed by atoms with Crippen LogP contribution >= 0.6 is 11.6 Å². The lowest BCUT2D eigenvalue weighted by molar-refractivity contribution is -0.126. The van der Waals surface area contributed by atoms with E-state index in [4.69, 9.17) is 17.3 Å². The summed E-state index contributed by atoms with van der Waals surface area (Å²) < 4.78 is 2.00. The number of imidazole rings is 1. The molecule has 0 unspecified atom stereocenters. The Morgan fingerprint density at radius 2 is 2.26 bits per heavy atom.